The largest absolute Gasteiger partial charge is 0.402 e. The molecule has 1 unspecified atom stereocenters. The van der Waals surface area contributed by atoms with Crippen molar-refractivity contribution >= 4 is 19.4 Å². The van der Waals surface area contributed by atoms with Gasteiger partial charge in [-0.3, -0.25) is 4.57 Å². The summed E-state index contributed by atoms with van der Waals surface area (Å²) in [6.45, 7) is 2.21. The van der Waals surface area contributed by atoms with E-state index < -0.39 is 31.5 Å². The Bertz CT molecular complexity index is 291. The van der Waals surface area contributed by atoms with Gasteiger partial charge < -0.3 is 9.79 Å². The molecule has 0 spiro atoms. The van der Waals surface area contributed by atoms with Crippen LogP contribution in [0.15, 0.2) is 0 Å². The van der Waals surface area contributed by atoms with Crippen LogP contribution in [0.4, 0.5) is 13.2 Å². The molecule has 0 rings (SSSR count). The summed E-state index contributed by atoms with van der Waals surface area (Å²) in [4.78, 5) is 17.8. The van der Waals surface area contributed by atoms with Gasteiger partial charge >= 0.3 is 13.8 Å². The van der Waals surface area contributed by atoms with E-state index in [1.165, 1.54) is 13.8 Å². The Morgan fingerprint density at radius 2 is 1.75 bits per heavy atom. The zero-order valence-electron chi connectivity index (χ0n) is 8.99. The molecule has 0 fully saturated rings. The van der Waals surface area contributed by atoms with Crippen molar-refractivity contribution in [1.82, 2.24) is 4.42 Å². The summed E-state index contributed by atoms with van der Waals surface area (Å²) < 4.78 is 47.6. The molecule has 4 nitrogen and oxygen atoms in total. The molecule has 0 bridgehead atoms. The van der Waals surface area contributed by atoms with Crippen molar-refractivity contribution in [2.45, 2.75) is 38.1 Å². The average molecular weight is 284 g/mol. The third kappa shape index (κ3) is 4.59. The molecule has 0 aromatic rings. The summed E-state index contributed by atoms with van der Waals surface area (Å²) >= 11 is 5.43. The second-order valence-corrected chi connectivity index (χ2v) is 6.42. The van der Waals surface area contributed by atoms with Crippen molar-refractivity contribution in [3.63, 3.8) is 0 Å². The number of nitrogens with zero attached hydrogens (tertiary/aromatic N) is 1. The summed E-state index contributed by atoms with van der Waals surface area (Å²) in [5, 5.41) is 0. The number of hydrogen-bond donors (Lipinski definition) is 2. The lowest BCUT2D eigenvalue weighted by Gasteiger charge is -2.38. The van der Waals surface area contributed by atoms with E-state index >= 15 is 0 Å². The molecular formula is C7H14ClF3NO3P. The molecule has 0 aliphatic rings. The molecule has 0 radical (unpaired) electrons. The summed E-state index contributed by atoms with van der Waals surface area (Å²) in [6.07, 6.45) is -4.52. The van der Waals surface area contributed by atoms with Crippen molar-refractivity contribution < 1.29 is 27.5 Å². The Morgan fingerprint density at radius 3 is 2.00 bits per heavy atom. The highest BCUT2D eigenvalue weighted by Gasteiger charge is 2.45. The van der Waals surface area contributed by atoms with Crippen LogP contribution < -0.4 is 0 Å². The standard InChI is InChI=1S/C7H14ClF3NO3P/c1-5(16(13,14)15)6(2,3)12(8)4-7(9,10)11/h5H,4H2,1-3H3,(H2,13,14,15). The summed E-state index contributed by atoms with van der Waals surface area (Å²) in [6, 6.07) is 0. The lowest BCUT2D eigenvalue weighted by atomic mass is 10.0. The Morgan fingerprint density at radius 1 is 1.38 bits per heavy atom. The third-order valence-electron chi connectivity index (χ3n) is 2.47. The fraction of sp³-hybridized carbons (Fsp3) is 1.00. The van der Waals surface area contributed by atoms with Gasteiger partial charge in [-0.2, -0.15) is 13.2 Å². The van der Waals surface area contributed by atoms with Crippen LogP contribution in [0.2, 0.25) is 0 Å². The zero-order chi connectivity index (χ0) is 13.4. The van der Waals surface area contributed by atoms with Gasteiger partial charge in [0.15, 0.2) is 0 Å². The van der Waals surface area contributed by atoms with Crippen LogP contribution in [-0.2, 0) is 4.57 Å². The van der Waals surface area contributed by atoms with Crippen LogP contribution in [0.3, 0.4) is 0 Å². The van der Waals surface area contributed by atoms with Gasteiger partial charge in [-0.15, -0.1) is 0 Å². The number of alkyl halides is 3. The Balaban J connectivity index is 4.85. The number of hydrogen-bond acceptors (Lipinski definition) is 2. The van der Waals surface area contributed by atoms with E-state index in [4.69, 9.17) is 21.6 Å². The monoisotopic (exact) mass is 283 g/mol. The maximum Gasteiger partial charge on any atom is 0.402 e. The van der Waals surface area contributed by atoms with E-state index in [0.29, 0.717) is 4.42 Å². The lowest BCUT2D eigenvalue weighted by Crippen LogP contribution is -2.49. The van der Waals surface area contributed by atoms with E-state index in [2.05, 4.69) is 0 Å². The van der Waals surface area contributed by atoms with E-state index in [9.17, 15) is 17.7 Å². The van der Waals surface area contributed by atoms with Crippen molar-refractivity contribution in [2.24, 2.45) is 0 Å². The molecule has 9 heteroatoms. The van der Waals surface area contributed by atoms with Crippen LogP contribution >= 0.6 is 19.4 Å². The molecule has 1 atom stereocenters. The molecule has 0 heterocycles. The van der Waals surface area contributed by atoms with Gasteiger partial charge in [-0.25, -0.2) is 4.42 Å². The molecule has 16 heavy (non-hydrogen) atoms. The second kappa shape index (κ2) is 4.82. The normalized spacial score (nSPS) is 16.6. The lowest BCUT2D eigenvalue weighted by molar-refractivity contribution is -0.143. The van der Waals surface area contributed by atoms with Gasteiger partial charge in [-0.1, -0.05) is 0 Å². The van der Waals surface area contributed by atoms with Gasteiger partial charge in [0.25, 0.3) is 0 Å². The SMILES string of the molecule is CC(C(C)(C)N(Cl)CC(F)(F)F)P(=O)(O)O. The Labute approximate surface area is 96.7 Å². The van der Waals surface area contributed by atoms with Crippen LogP contribution in [-0.4, -0.2) is 38.1 Å². The van der Waals surface area contributed by atoms with Gasteiger partial charge in [0.2, 0.25) is 0 Å². The summed E-state index contributed by atoms with van der Waals surface area (Å²) in [5.74, 6) is 0. The zero-order valence-corrected chi connectivity index (χ0v) is 10.6. The van der Waals surface area contributed by atoms with Gasteiger partial charge in [0.05, 0.1) is 5.66 Å². The first-order chi connectivity index (χ1) is 6.78. The average Bonchev–Trinajstić information content (AvgIpc) is 1.97. The maximum absolute atomic E-state index is 12.1. The van der Waals surface area contributed by atoms with Gasteiger partial charge in [0.1, 0.15) is 6.54 Å². The third-order valence-corrected chi connectivity index (χ3v) is 4.67. The number of rotatable bonds is 4. The van der Waals surface area contributed by atoms with E-state index in [1.807, 2.05) is 0 Å². The predicted molar refractivity (Wildman–Crippen MR) is 54.2 cm³/mol. The molecular weight excluding hydrogens is 270 g/mol. The molecule has 0 saturated carbocycles. The van der Waals surface area contributed by atoms with Crippen molar-refractivity contribution in [3.05, 3.63) is 0 Å². The smallest absolute Gasteiger partial charge is 0.324 e. The minimum atomic E-state index is -4.52. The minimum absolute atomic E-state index is 0.372. The van der Waals surface area contributed by atoms with E-state index in [0.717, 1.165) is 6.92 Å². The first kappa shape index (κ1) is 16.2. The van der Waals surface area contributed by atoms with Crippen LogP contribution in [0.1, 0.15) is 20.8 Å². The van der Waals surface area contributed by atoms with Crippen LogP contribution in [0, 0.1) is 0 Å². The summed E-state index contributed by atoms with van der Waals surface area (Å²) in [5.41, 5.74) is -2.78. The second-order valence-electron chi connectivity index (χ2n) is 4.05. The fourth-order valence-corrected chi connectivity index (χ4v) is 2.29. The van der Waals surface area contributed by atoms with E-state index in [-0.39, 0.29) is 0 Å². The minimum Gasteiger partial charge on any atom is -0.324 e. The van der Waals surface area contributed by atoms with Crippen molar-refractivity contribution in [1.29, 1.82) is 0 Å². The molecule has 0 aromatic carbocycles. The van der Waals surface area contributed by atoms with Crippen molar-refractivity contribution in [3.8, 4) is 0 Å². The Kier molecular flexibility index (Phi) is 4.88. The Hall–Kier alpha value is 0.190. The van der Waals surface area contributed by atoms with Gasteiger partial charge in [-0.05, 0) is 32.5 Å². The molecule has 98 valence electrons. The topological polar surface area (TPSA) is 60.8 Å². The highest BCUT2D eigenvalue weighted by Crippen LogP contribution is 2.48. The first-order valence-corrected chi connectivity index (χ1v) is 6.36. The molecule has 2 N–H and O–H groups in total. The first-order valence-electron chi connectivity index (χ1n) is 4.34. The maximum atomic E-state index is 12.1. The summed E-state index contributed by atoms with van der Waals surface area (Å²) in [7, 11) is -4.49. The fourth-order valence-electron chi connectivity index (χ4n) is 0.975. The molecule has 0 amide bonds. The van der Waals surface area contributed by atoms with Gasteiger partial charge in [0, 0.05) is 5.54 Å². The van der Waals surface area contributed by atoms with E-state index in [1.54, 1.807) is 0 Å². The van der Waals surface area contributed by atoms with Crippen LogP contribution in [0.5, 0.6) is 0 Å². The molecule has 0 saturated heterocycles. The molecule has 0 aromatic heterocycles. The van der Waals surface area contributed by atoms with Crippen LogP contribution in [0.25, 0.3) is 0 Å². The predicted octanol–water partition coefficient (Wildman–Crippen LogP) is 2.35. The molecule has 0 aliphatic heterocycles. The van der Waals surface area contributed by atoms with Crippen molar-refractivity contribution in [2.75, 3.05) is 6.54 Å². The molecule has 0 aliphatic carbocycles. The number of halogens is 4. The highest BCUT2D eigenvalue weighted by atomic mass is 35.5. The highest BCUT2D eigenvalue weighted by molar-refractivity contribution is 7.52. The quantitative estimate of drug-likeness (QED) is 0.614.